The number of carbonyl (C=O) groups is 2. The summed E-state index contributed by atoms with van der Waals surface area (Å²) in [6, 6.07) is 6.23. The van der Waals surface area contributed by atoms with Gasteiger partial charge in [-0.15, -0.1) is 0 Å². The minimum atomic E-state index is -1.67. The van der Waals surface area contributed by atoms with Crippen LogP contribution in [0.4, 0.5) is 5.69 Å². The molecule has 0 saturated heterocycles. The number of hydrogen-bond acceptors (Lipinski definition) is 4. The van der Waals surface area contributed by atoms with Crippen LogP contribution in [0.15, 0.2) is 29.1 Å². The first-order valence-electron chi connectivity index (χ1n) is 13.2. The Hall–Kier alpha value is -2.94. The predicted octanol–water partition coefficient (Wildman–Crippen LogP) is 5.21. The van der Waals surface area contributed by atoms with Crippen molar-refractivity contribution in [1.29, 1.82) is 0 Å². The first kappa shape index (κ1) is 29.6. The molecule has 0 bridgehead atoms. The first-order valence-corrected chi connectivity index (χ1v) is 14.7. The number of carboxylic acids is 1. The molecular weight excluding hydrogens is 502 g/mol. The molecule has 208 valence electrons. The zero-order chi connectivity index (χ0) is 28.4. The van der Waals surface area contributed by atoms with Gasteiger partial charge in [-0.3, -0.25) is 18.9 Å². The van der Waals surface area contributed by atoms with Crippen molar-refractivity contribution in [1.82, 2.24) is 9.88 Å². The van der Waals surface area contributed by atoms with E-state index in [0.717, 1.165) is 31.2 Å². The maximum atomic E-state index is 14.1. The molecule has 3 N–H and O–H groups in total. The van der Waals surface area contributed by atoms with Crippen LogP contribution in [0.1, 0.15) is 87.3 Å². The van der Waals surface area contributed by atoms with Gasteiger partial charge in [0.05, 0.1) is 11.3 Å². The van der Waals surface area contributed by atoms with Crippen LogP contribution in [-0.2, 0) is 15.8 Å². The number of aromatic nitrogens is 1. The minimum absolute atomic E-state index is 0.0176. The third-order valence-corrected chi connectivity index (χ3v) is 7.70. The van der Waals surface area contributed by atoms with E-state index in [-0.39, 0.29) is 23.7 Å². The lowest BCUT2D eigenvalue weighted by atomic mass is 9.86. The van der Waals surface area contributed by atoms with Crippen LogP contribution in [0.25, 0.3) is 11.3 Å². The van der Waals surface area contributed by atoms with E-state index < -0.39 is 39.9 Å². The van der Waals surface area contributed by atoms with Crippen LogP contribution >= 0.6 is 0 Å². The minimum Gasteiger partial charge on any atom is -0.480 e. The Kier molecular flexibility index (Phi) is 9.23. The summed E-state index contributed by atoms with van der Waals surface area (Å²) in [4.78, 5) is 40.5. The van der Waals surface area contributed by atoms with Gasteiger partial charge < -0.3 is 10.4 Å². The molecule has 1 amide bonds. The summed E-state index contributed by atoms with van der Waals surface area (Å²) in [5.41, 5.74) is 1.36. The van der Waals surface area contributed by atoms with Crippen LogP contribution < -0.4 is 15.6 Å². The molecule has 1 aromatic carbocycles. The van der Waals surface area contributed by atoms with Gasteiger partial charge in [0.2, 0.25) is 0 Å². The van der Waals surface area contributed by atoms with Gasteiger partial charge in [-0.1, -0.05) is 57.5 Å². The maximum absolute atomic E-state index is 14.1. The van der Waals surface area contributed by atoms with E-state index in [1.54, 1.807) is 6.92 Å². The van der Waals surface area contributed by atoms with Crippen molar-refractivity contribution in [2.45, 2.75) is 85.7 Å². The number of nitrogens with zero attached hydrogens (tertiary/aromatic N) is 1. The summed E-state index contributed by atoms with van der Waals surface area (Å²) in [7, 11) is -1.67. The molecular formula is C29H41N3O5S. The van der Waals surface area contributed by atoms with Gasteiger partial charge in [0, 0.05) is 12.3 Å². The molecule has 3 rings (SSSR count). The maximum Gasteiger partial charge on any atom is 0.326 e. The average Bonchev–Trinajstić information content (AvgIpc) is 2.81. The summed E-state index contributed by atoms with van der Waals surface area (Å²) >= 11 is 0. The molecule has 1 aromatic heterocycles. The van der Waals surface area contributed by atoms with Crippen molar-refractivity contribution >= 4 is 28.5 Å². The number of hydrogen-bond donors (Lipinski definition) is 3. The lowest BCUT2D eigenvalue weighted by Gasteiger charge is -2.30. The highest BCUT2D eigenvalue weighted by molar-refractivity contribution is 7.85. The smallest absolute Gasteiger partial charge is 0.326 e. The third-order valence-electron chi connectivity index (χ3n) is 7.21. The summed E-state index contributed by atoms with van der Waals surface area (Å²) < 4.78 is 16.3. The molecule has 2 atom stereocenters. The van der Waals surface area contributed by atoms with Gasteiger partial charge in [0.25, 0.3) is 11.5 Å². The third kappa shape index (κ3) is 6.92. The Balaban J connectivity index is 2.32. The Morgan fingerprint density at radius 3 is 2.18 bits per heavy atom. The second-order valence-electron chi connectivity index (χ2n) is 11.9. The Morgan fingerprint density at radius 1 is 1.11 bits per heavy atom. The number of anilines is 1. The molecule has 1 saturated carbocycles. The molecule has 0 aliphatic heterocycles. The molecule has 2 unspecified atom stereocenters. The molecule has 1 heterocycles. The molecule has 1 aliphatic carbocycles. The second-order valence-corrected chi connectivity index (χ2v) is 13.0. The van der Waals surface area contributed by atoms with Crippen molar-refractivity contribution in [3.8, 4) is 11.3 Å². The van der Waals surface area contributed by atoms with E-state index in [0.29, 0.717) is 22.7 Å². The van der Waals surface area contributed by atoms with Crippen molar-refractivity contribution < 1.29 is 18.9 Å². The van der Waals surface area contributed by atoms with Gasteiger partial charge in [-0.25, -0.2) is 9.00 Å². The zero-order valence-corrected chi connectivity index (χ0v) is 24.3. The highest BCUT2D eigenvalue weighted by atomic mass is 32.2. The van der Waals surface area contributed by atoms with E-state index in [2.05, 4.69) is 17.0 Å². The molecule has 0 spiro atoms. The fraction of sp³-hybridized carbons (Fsp3) is 0.552. The molecule has 1 fully saturated rings. The van der Waals surface area contributed by atoms with Crippen LogP contribution in [0, 0.1) is 25.2 Å². The van der Waals surface area contributed by atoms with E-state index >= 15 is 0 Å². The number of carbonyl (C=O) groups excluding carboxylic acids is 1. The standard InChI is InChI=1S/C29H41N3O5S/c1-17-8-12-20(13-9-17)25-19(3)23(26(33)30-21-14-10-18(2)11-15-21)24(31-38(7)37)27(34)32(25)22(28(35)36)16-29(4,5)6/h8-9,12-13,18,21-22,31H,10-11,14-16H2,1-7H3,(H,30,33)(H,35,36). The number of amides is 1. The van der Waals surface area contributed by atoms with Gasteiger partial charge >= 0.3 is 5.97 Å². The quantitative estimate of drug-likeness (QED) is 0.423. The predicted molar refractivity (Wildman–Crippen MR) is 153 cm³/mol. The van der Waals surface area contributed by atoms with E-state index in [4.69, 9.17) is 0 Å². The van der Waals surface area contributed by atoms with Gasteiger partial charge in [-0.05, 0) is 68.4 Å². The van der Waals surface area contributed by atoms with Crippen molar-refractivity contribution in [3.63, 3.8) is 0 Å². The summed E-state index contributed by atoms with van der Waals surface area (Å²) in [5, 5.41) is 13.4. The van der Waals surface area contributed by atoms with E-state index in [1.807, 2.05) is 52.0 Å². The number of benzene rings is 1. The molecule has 9 heteroatoms. The van der Waals surface area contributed by atoms with Crippen LogP contribution in [0.5, 0.6) is 0 Å². The number of rotatable bonds is 8. The SMILES string of the molecule is Cc1ccc(-c2c(C)c(C(=O)NC3CCC(C)CC3)c(NS(C)=O)c(=O)n2C(CC(C)(C)C)C(=O)O)cc1. The van der Waals surface area contributed by atoms with Crippen LogP contribution in [0.2, 0.25) is 0 Å². The topological polar surface area (TPSA) is 118 Å². The highest BCUT2D eigenvalue weighted by Gasteiger charge is 2.34. The molecule has 38 heavy (non-hydrogen) atoms. The van der Waals surface area contributed by atoms with Gasteiger partial charge in [-0.2, -0.15) is 0 Å². The fourth-order valence-corrected chi connectivity index (χ4v) is 5.71. The van der Waals surface area contributed by atoms with E-state index in [1.165, 1.54) is 10.8 Å². The lowest BCUT2D eigenvalue weighted by Crippen LogP contribution is -2.41. The number of carboxylic acid groups (broad SMARTS) is 1. The lowest BCUT2D eigenvalue weighted by molar-refractivity contribution is -0.141. The number of pyridine rings is 1. The highest BCUT2D eigenvalue weighted by Crippen LogP contribution is 2.35. The van der Waals surface area contributed by atoms with Crippen LogP contribution in [-0.4, -0.2) is 38.1 Å². The van der Waals surface area contributed by atoms with Gasteiger partial charge in [0.1, 0.15) is 22.7 Å². The Morgan fingerprint density at radius 2 is 1.68 bits per heavy atom. The second kappa shape index (κ2) is 11.8. The fourth-order valence-electron chi connectivity index (χ4n) is 5.23. The summed E-state index contributed by atoms with van der Waals surface area (Å²) in [5.74, 6) is -0.959. The normalized spacial score (nSPS) is 19.4. The largest absolute Gasteiger partial charge is 0.480 e. The average molecular weight is 544 g/mol. The number of aliphatic carboxylic acids is 1. The molecule has 0 radical (unpaired) electrons. The first-order chi connectivity index (χ1) is 17.7. The van der Waals surface area contributed by atoms with Crippen molar-refractivity contribution in [3.05, 3.63) is 51.3 Å². The number of nitrogens with one attached hydrogen (secondary N) is 2. The zero-order valence-electron chi connectivity index (χ0n) is 23.5. The van der Waals surface area contributed by atoms with Crippen LogP contribution in [0.3, 0.4) is 0 Å². The Labute approximate surface area is 227 Å². The van der Waals surface area contributed by atoms with Gasteiger partial charge in [0.15, 0.2) is 0 Å². The van der Waals surface area contributed by atoms with Crippen molar-refractivity contribution in [2.75, 3.05) is 11.0 Å². The Bertz CT molecular complexity index is 1270. The summed E-state index contributed by atoms with van der Waals surface area (Å²) in [6.07, 6.45) is 5.28. The molecule has 1 aliphatic rings. The van der Waals surface area contributed by atoms with E-state index in [9.17, 15) is 23.7 Å². The number of aryl methyl sites for hydroxylation is 1. The van der Waals surface area contributed by atoms with Crippen molar-refractivity contribution in [2.24, 2.45) is 11.3 Å². The monoisotopic (exact) mass is 543 g/mol. The summed E-state index contributed by atoms with van der Waals surface area (Å²) in [6.45, 7) is 11.6. The molecule has 2 aromatic rings. The molecule has 8 nitrogen and oxygen atoms in total.